The number of ether oxygens (including phenoxy) is 2. The van der Waals surface area contributed by atoms with Gasteiger partial charge in [0.25, 0.3) is 0 Å². The van der Waals surface area contributed by atoms with Gasteiger partial charge >= 0.3 is 0 Å². The molecule has 1 aliphatic carbocycles. The van der Waals surface area contributed by atoms with E-state index < -0.39 is 0 Å². The van der Waals surface area contributed by atoms with Crippen molar-refractivity contribution in [1.82, 2.24) is 4.98 Å². The molecule has 5 nitrogen and oxygen atoms in total. The lowest BCUT2D eigenvalue weighted by Crippen LogP contribution is -2.54. The van der Waals surface area contributed by atoms with E-state index in [0.29, 0.717) is 19.6 Å². The van der Waals surface area contributed by atoms with E-state index in [-0.39, 0.29) is 16.9 Å². The molecule has 6 heteroatoms. The Morgan fingerprint density at radius 2 is 1.79 bits per heavy atom. The molecule has 3 heterocycles. The van der Waals surface area contributed by atoms with Gasteiger partial charge in [0.2, 0.25) is 5.91 Å². The highest BCUT2D eigenvalue weighted by molar-refractivity contribution is 7.18. The maximum atomic E-state index is 13.5. The fraction of sp³-hybridized carbons (Fsp3) is 0.394. The summed E-state index contributed by atoms with van der Waals surface area (Å²) in [6.45, 7) is 5.49. The quantitative estimate of drug-likeness (QED) is 0.228. The van der Waals surface area contributed by atoms with E-state index >= 15 is 0 Å². The van der Waals surface area contributed by atoms with Crippen molar-refractivity contribution in [2.75, 3.05) is 25.2 Å². The maximum absolute atomic E-state index is 13.5. The molecule has 0 radical (unpaired) electrons. The highest BCUT2D eigenvalue weighted by Crippen LogP contribution is 2.54. The number of rotatable bonds is 8. The highest BCUT2D eigenvalue weighted by Gasteiger charge is 2.51. The first-order valence-electron chi connectivity index (χ1n) is 14.0. The Morgan fingerprint density at radius 3 is 2.49 bits per heavy atom. The number of nitrogens with zero attached hydrogens (tertiary/aromatic N) is 2. The first-order chi connectivity index (χ1) is 18.9. The van der Waals surface area contributed by atoms with Gasteiger partial charge in [-0.25, -0.2) is 4.98 Å². The fourth-order valence-electron chi connectivity index (χ4n) is 6.32. The topological polar surface area (TPSA) is 51.7 Å². The number of amides is 1. The Hall–Kier alpha value is -3.22. The van der Waals surface area contributed by atoms with Crippen LogP contribution < -0.4 is 9.64 Å². The number of hydrogen-bond acceptors (Lipinski definition) is 5. The third-order valence-corrected chi connectivity index (χ3v) is 9.57. The average molecular weight is 541 g/mol. The van der Waals surface area contributed by atoms with Gasteiger partial charge in [0.05, 0.1) is 34.5 Å². The summed E-state index contributed by atoms with van der Waals surface area (Å²) >= 11 is 1.72. The molecule has 202 valence electrons. The molecule has 0 N–H and O–H groups in total. The minimum atomic E-state index is -0.222. The molecule has 4 aromatic rings. The number of fused-ring (bicyclic) bond motifs is 4. The summed E-state index contributed by atoms with van der Waals surface area (Å²) < 4.78 is 13.2. The molecule has 2 saturated heterocycles. The third-order valence-electron chi connectivity index (χ3n) is 8.63. The standard InChI is InChI=1S/C33H36N2O3S/c1-4-6-31(36)35(27-8-5-7-24(19-27)25-9-14-29-30(20-25)39-23(2)34-29)21-32-15-17-33(18-16-32,38-22-32)26-10-12-28(37-3)13-11-26/h5,7-14,19-20H,4,6,15-18,21-22H2,1-3H3. The molecule has 1 amide bonds. The lowest BCUT2D eigenvalue weighted by atomic mass is 9.64. The zero-order chi connectivity index (χ0) is 27.0. The molecule has 3 fully saturated rings. The van der Waals surface area contributed by atoms with Crippen LogP contribution in [-0.4, -0.2) is 31.2 Å². The Kier molecular flexibility index (Phi) is 6.94. The molecular weight excluding hydrogens is 504 g/mol. The first-order valence-corrected chi connectivity index (χ1v) is 14.8. The van der Waals surface area contributed by atoms with Crippen molar-refractivity contribution >= 4 is 33.1 Å². The van der Waals surface area contributed by atoms with Gasteiger partial charge in [0.15, 0.2) is 0 Å². The summed E-state index contributed by atoms with van der Waals surface area (Å²) in [5.41, 5.74) is 5.27. The van der Waals surface area contributed by atoms with Crippen molar-refractivity contribution in [2.45, 2.75) is 58.0 Å². The van der Waals surface area contributed by atoms with Gasteiger partial charge in [-0.1, -0.05) is 37.3 Å². The van der Waals surface area contributed by atoms with Gasteiger partial charge in [-0.15, -0.1) is 11.3 Å². The van der Waals surface area contributed by atoms with Crippen LogP contribution in [0.15, 0.2) is 66.7 Å². The van der Waals surface area contributed by atoms with Crippen molar-refractivity contribution in [2.24, 2.45) is 5.41 Å². The van der Waals surface area contributed by atoms with Gasteiger partial charge in [-0.05, 0) is 92.1 Å². The SMILES string of the molecule is CCCC(=O)N(CC12CCC(c3ccc(OC)cc3)(CC1)OC2)c1cccc(-c2ccc3nc(C)sc3c2)c1. The number of aryl methyl sites for hydroxylation is 1. The molecule has 7 rings (SSSR count). The lowest BCUT2D eigenvalue weighted by Gasteiger charge is -2.54. The predicted octanol–water partition coefficient (Wildman–Crippen LogP) is 7.90. The molecule has 1 aromatic heterocycles. The number of hydrogen-bond donors (Lipinski definition) is 0. The summed E-state index contributed by atoms with van der Waals surface area (Å²) in [4.78, 5) is 20.2. The van der Waals surface area contributed by atoms with Crippen LogP contribution in [0.4, 0.5) is 5.69 Å². The van der Waals surface area contributed by atoms with E-state index in [9.17, 15) is 4.79 Å². The van der Waals surface area contributed by atoms with E-state index in [4.69, 9.17) is 9.47 Å². The lowest BCUT2D eigenvalue weighted by molar-refractivity contribution is -0.186. The summed E-state index contributed by atoms with van der Waals surface area (Å²) in [5, 5.41) is 1.07. The van der Waals surface area contributed by atoms with E-state index in [1.165, 1.54) is 10.3 Å². The van der Waals surface area contributed by atoms with Crippen molar-refractivity contribution < 1.29 is 14.3 Å². The molecule has 3 aliphatic rings. The molecule has 0 spiro atoms. The van der Waals surface area contributed by atoms with Crippen molar-refractivity contribution in [3.63, 3.8) is 0 Å². The second-order valence-corrected chi connectivity index (χ2v) is 12.4. The number of methoxy groups -OCH3 is 1. The zero-order valence-electron chi connectivity index (χ0n) is 23.0. The minimum Gasteiger partial charge on any atom is -0.497 e. The molecule has 2 aliphatic heterocycles. The number of thiazole rings is 1. The largest absolute Gasteiger partial charge is 0.497 e. The van der Waals surface area contributed by atoms with Crippen LogP contribution in [0, 0.1) is 12.3 Å². The molecule has 0 atom stereocenters. The summed E-state index contributed by atoms with van der Waals surface area (Å²) in [6, 6.07) is 23.2. The Morgan fingerprint density at radius 1 is 1.03 bits per heavy atom. The van der Waals surface area contributed by atoms with E-state index in [1.807, 2.05) is 24.0 Å². The smallest absolute Gasteiger partial charge is 0.226 e. The van der Waals surface area contributed by atoms with Gasteiger partial charge < -0.3 is 14.4 Å². The molecule has 3 aromatic carbocycles. The zero-order valence-corrected chi connectivity index (χ0v) is 23.9. The van der Waals surface area contributed by atoms with Crippen LogP contribution in [0.1, 0.15) is 56.0 Å². The normalized spacial score (nSPS) is 22.2. The number of aromatic nitrogens is 1. The predicted molar refractivity (Wildman–Crippen MR) is 159 cm³/mol. The fourth-order valence-corrected chi connectivity index (χ4v) is 7.18. The Labute approximate surface area is 234 Å². The second kappa shape index (κ2) is 10.4. The molecule has 1 saturated carbocycles. The number of benzene rings is 3. The Bertz CT molecular complexity index is 1470. The van der Waals surface area contributed by atoms with Gasteiger partial charge in [-0.2, -0.15) is 0 Å². The van der Waals surface area contributed by atoms with E-state index in [1.54, 1.807) is 18.4 Å². The number of carbonyl (C=O) groups excluding carboxylic acids is 1. The first kappa shape index (κ1) is 26.0. The number of anilines is 1. The van der Waals surface area contributed by atoms with Crippen molar-refractivity contribution in [3.05, 3.63) is 77.3 Å². The van der Waals surface area contributed by atoms with Crippen LogP contribution in [0.2, 0.25) is 0 Å². The summed E-state index contributed by atoms with van der Waals surface area (Å²) in [5.74, 6) is 1.06. The van der Waals surface area contributed by atoms with Crippen LogP contribution in [-0.2, 0) is 15.1 Å². The van der Waals surface area contributed by atoms with Gasteiger partial charge in [0, 0.05) is 24.1 Å². The third kappa shape index (κ3) is 4.96. The van der Waals surface area contributed by atoms with Crippen LogP contribution in [0.3, 0.4) is 0 Å². The maximum Gasteiger partial charge on any atom is 0.226 e. The Balaban J connectivity index is 1.25. The highest BCUT2D eigenvalue weighted by atomic mass is 32.1. The molecule has 2 bridgehead atoms. The van der Waals surface area contributed by atoms with Gasteiger partial charge in [-0.3, -0.25) is 4.79 Å². The van der Waals surface area contributed by atoms with Crippen molar-refractivity contribution in [1.29, 1.82) is 0 Å². The summed E-state index contributed by atoms with van der Waals surface area (Å²) in [6.07, 6.45) is 5.43. The van der Waals surface area contributed by atoms with Crippen LogP contribution in [0.5, 0.6) is 5.75 Å². The second-order valence-electron chi connectivity index (χ2n) is 11.2. The monoisotopic (exact) mass is 540 g/mol. The molecular formula is C33H36N2O3S. The minimum absolute atomic E-state index is 0.0211. The van der Waals surface area contributed by atoms with E-state index in [2.05, 4.69) is 66.5 Å². The summed E-state index contributed by atoms with van der Waals surface area (Å²) in [7, 11) is 1.70. The number of carbonyl (C=O) groups is 1. The average Bonchev–Trinajstić information content (AvgIpc) is 3.36. The van der Waals surface area contributed by atoms with Crippen molar-refractivity contribution in [3.8, 4) is 16.9 Å². The molecule has 39 heavy (non-hydrogen) atoms. The van der Waals surface area contributed by atoms with E-state index in [0.717, 1.165) is 65.2 Å². The van der Waals surface area contributed by atoms with Crippen LogP contribution in [0.25, 0.3) is 21.3 Å². The van der Waals surface area contributed by atoms with Gasteiger partial charge in [0.1, 0.15) is 5.75 Å². The molecule has 0 unspecified atom stereocenters. The van der Waals surface area contributed by atoms with Crippen LogP contribution >= 0.6 is 11.3 Å².